The number of benzene rings is 1. The number of aromatic nitrogens is 4. The summed E-state index contributed by atoms with van der Waals surface area (Å²) in [4.78, 5) is 16.2. The summed E-state index contributed by atoms with van der Waals surface area (Å²) in [6.45, 7) is 0. The molecule has 0 unspecified atom stereocenters. The Morgan fingerprint density at radius 1 is 1.37 bits per heavy atom. The van der Waals surface area contributed by atoms with Crippen molar-refractivity contribution >= 4 is 28.2 Å². The van der Waals surface area contributed by atoms with Gasteiger partial charge in [-0.25, -0.2) is 9.89 Å². The fourth-order valence-corrected chi connectivity index (χ4v) is 2.65. The van der Waals surface area contributed by atoms with E-state index in [4.69, 9.17) is 5.73 Å². The van der Waals surface area contributed by atoms with Gasteiger partial charge in [-0.3, -0.25) is 9.55 Å². The summed E-state index contributed by atoms with van der Waals surface area (Å²) >= 11 is 1.35. The van der Waals surface area contributed by atoms with Crippen molar-refractivity contribution in [2.45, 2.75) is 10.1 Å². The van der Waals surface area contributed by atoms with Gasteiger partial charge in [0.25, 0.3) is 0 Å². The minimum Gasteiger partial charge on any atom is -0.397 e. The lowest BCUT2D eigenvalue weighted by Gasteiger charge is -2.07. The first kappa shape index (κ1) is 11.8. The number of pyridine rings is 1. The number of hydrogen-bond donors (Lipinski definition) is 2. The third-order valence-electron chi connectivity index (χ3n) is 2.86. The number of aromatic amines is 1. The Bertz CT molecular complexity index is 807. The first-order valence-electron chi connectivity index (χ1n) is 5.58. The topological polar surface area (TPSA) is 89.6 Å². The summed E-state index contributed by atoms with van der Waals surface area (Å²) in [6, 6.07) is 5.73. The molecule has 7 heteroatoms. The monoisotopic (exact) mass is 273 g/mol. The summed E-state index contributed by atoms with van der Waals surface area (Å²) in [5.74, 6) is 0. The number of nitrogens with two attached hydrogens (primary N) is 1. The lowest BCUT2D eigenvalue weighted by Crippen LogP contribution is -2.12. The zero-order chi connectivity index (χ0) is 13.4. The molecule has 2 heterocycles. The highest BCUT2D eigenvalue weighted by atomic mass is 32.2. The van der Waals surface area contributed by atoms with Crippen LogP contribution in [0.5, 0.6) is 0 Å². The minimum atomic E-state index is -0.244. The Balaban J connectivity index is 2.09. The molecule has 6 nitrogen and oxygen atoms in total. The summed E-state index contributed by atoms with van der Waals surface area (Å²) in [7, 11) is 1.66. The molecule has 3 N–H and O–H groups in total. The molecule has 0 spiro atoms. The first-order valence-corrected chi connectivity index (χ1v) is 6.40. The van der Waals surface area contributed by atoms with Gasteiger partial charge in [0.05, 0.1) is 5.69 Å². The average Bonchev–Trinajstić information content (AvgIpc) is 2.74. The second kappa shape index (κ2) is 4.43. The maximum Gasteiger partial charge on any atom is 0.343 e. The second-order valence-corrected chi connectivity index (χ2v) is 5.06. The van der Waals surface area contributed by atoms with Crippen molar-refractivity contribution < 1.29 is 0 Å². The van der Waals surface area contributed by atoms with E-state index in [-0.39, 0.29) is 5.69 Å². The second-order valence-electron chi connectivity index (χ2n) is 4.05. The van der Waals surface area contributed by atoms with Crippen LogP contribution in [0.15, 0.2) is 45.4 Å². The Morgan fingerprint density at radius 2 is 2.21 bits per heavy atom. The molecular formula is C12H11N5OS. The molecule has 96 valence electrons. The van der Waals surface area contributed by atoms with E-state index < -0.39 is 0 Å². The van der Waals surface area contributed by atoms with Gasteiger partial charge in [0.1, 0.15) is 0 Å². The Hall–Kier alpha value is -2.28. The molecule has 0 saturated carbocycles. The van der Waals surface area contributed by atoms with Crippen molar-refractivity contribution in [2.75, 3.05) is 5.73 Å². The molecule has 0 atom stereocenters. The summed E-state index contributed by atoms with van der Waals surface area (Å²) < 4.78 is 1.45. The van der Waals surface area contributed by atoms with Gasteiger partial charge in [0.15, 0.2) is 5.16 Å². The standard InChI is InChI=1S/C12H11N5OS/c1-17-11(18)15-16-12(17)19-9-3-2-7-6-14-5-4-8(7)10(9)13/h2-6H,13H2,1H3,(H,15,18). The normalized spacial score (nSPS) is 11.0. The highest BCUT2D eigenvalue weighted by Gasteiger charge is 2.10. The summed E-state index contributed by atoms with van der Waals surface area (Å²) in [5.41, 5.74) is 6.57. The van der Waals surface area contributed by atoms with E-state index in [1.165, 1.54) is 16.3 Å². The van der Waals surface area contributed by atoms with Crippen molar-refractivity contribution in [3.05, 3.63) is 41.1 Å². The van der Waals surface area contributed by atoms with Crippen LogP contribution in [0.1, 0.15) is 0 Å². The van der Waals surface area contributed by atoms with Crippen LogP contribution in [0.3, 0.4) is 0 Å². The highest BCUT2D eigenvalue weighted by molar-refractivity contribution is 7.99. The van der Waals surface area contributed by atoms with Crippen LogP contribution in [0.2, 0.25) is 0 Å². The van der Waals surface area contributed by atoms with E-state index >= 15 is 0 Å². The van der Waals surface area contributed by atoms with Crippen LogP contribution < -0.4 is 11.4 Å². The molecule has 0 bridgehead atoms. The van der Waals surface area contributed by atoms with Crippen LogP contribution in [0.25, 0.3) is 10.8 Å². The molecule has 3 rings (SSSR count). The van der Waals surface area contributed by atoms with Gasteiger partial charge < -0.3 is 5.73 Å². The first-order chi connectivity index (χ1) is 9.16. The Kier molecular flexibility index (Phi) is 2.75. The van der Waals surface area contributed by atoms with E-state index in [0.29, 0.717) is 10.8 Å². The predicted molar refractivity (Wildman–Crippen MR) is 74.1 cm³/mol. The summed E-state index contributed by atoms with van der Waals surface area (Å²) in [6.07, 6.45) is 3.47. The van der Waals surface area contributed by atoms with Crippen molar-refractivity contribution in [3.8, 4) is 0 Å². The van der Waals surface area contributed by atoms with Crippen LogP contribution in [-0.4, -0.2) is 19.7 Å². The van der Waals surface area contributed by atoms with Crippen LogP contribution >= 0.6 is 11.8 Å². The smallest absolute Gasteiger partial charge is 0.343 e. The molecule has 0 radical (unpaired) electrons. The number of H-pyrrole nitrogens is 1. The Labute approximate surface area is 112 Å². The third-order valence-corrected chi connectivity index (χ3v) is 3.99. The number of anilines is 1. The lowest BCUT2D eigenvalue weighted by molar-refractivity contribution is 0.766. The molecule has 0 saturated heterocycles. The summed E-state index contributed by atoms with van der Waals surface area (Å²) in [5, 5.41) is 8.86. The van der Waals surface area contributed by atoms with E-state index in [1.54, 1.807) is 19.4 Å². The van der Waals surface area contributed by atoms with Crippen molar-refractivity contribution in [2.24, 2.45) is 7.05 Å². The average molecular weight is 273 g/mol. The zero-order valence-electron chi connectivity index (χ0n) is 10.1. The van der Waals surface area contributed by atoms with Crippen molar-refractivity contribution in [1.29, 1.82) is 0 Å². The molecule has 19 heavy (non-hydrogen) atoms. The van der Waals surface area contributed by atoms with Crippen LogP contribution in [0.4, 0.5) is 5.69 Å². The van der Waals surface area contributed by atoms with Gasteiger partial charge >= 0.3 is 5.69 Å². The van der Waals surface area contributed by atoms with Crippen molar-refractivity contribution in [3.63, 3.8) is 0 Å². The van der Waals surface area contributed by atoms with Crippen LogP contribution in [-0.2, 0) is 7.05 Å². The molecule has 0 amide bonds. The lowest BCUT2D eigenvalue weighted by atomic mass is 10.1. The molecule has 0 fully saturated rings. The third kappa shape index (κ3) is 1.97. The van der Waals surface area contributed by atoms with Gasteiger partial charge in [-0.15, -0.1) is 5.10 Å². The number of hydrogen-bond acceptors (Lipinski definition) is 5. The molecule has 3 aromatic rings. The molecule has 1 aromatic carbocycles. The maximum absolute atomic E-state index is 11.3. The van der Waals surface area contributed by atoms with Gasteiger partial charge in [0, 0.05) is 35.1 Å². The van der Waals surface area contributed by atoms with E-state index in [2.05, 4.69) is 15.2 Å². The molecule has 2 aromatic heterocycles. The van der Waals surface area contributed by atoms with Gasteiger partial charge in [0.2, 0.25) is 0 Å². The largest absolute Gasteiger partial charge is 0.397 e. The van der Waals surface area contributed by atoms with E-state index in [0.717, 1.165) is 15.7 Å². The zero-order valence-corrected chi connectivity index (χ0v) is 10.9. The minimum absolute atomic E-state index is 0.244. The number of nitrogens with zero attached hydrogens (tertiary/aromatic N) is 3. The SMILES string of the molecule is Cn1c(Sc2ccc3cnccc3c2N)n[nH]c1=O. The molecule has 0 aliphatic rings. The predicted octanol–water partition coefficient (Wildman–Crippen LogP) is 1.39. The number of rotatable bonds is 2. The van der Waals surface area contributed by atoms with E-state index in [9.17, 15) is 4.79 Å². The van der Waals surface area contributed by atoms with Crippen molar-refractivity contribution in [1.82, 2.24) is 19.7 Å². The fraction of sp³-hybridized carbons (Fsp3) is 0.0833. The Morgan fingerprint density at radius 3 is 2.95 bits per heavy atom. The fourth-order valence-electron chi connectivity index (χ4n) is 1.78. The van der Waals surface area contributed by atoms with E-state index in [1.807, 2.05) is 18.2 Å². The highest BCUT2D eigenvalue weighted by Crippen LogP contribution is 2.34. The van der Waals surface area contributed by atoms with Crippen LogP contribution in [0, 0.1) is 0 Å². The molecule has 0 aliphatic heterocycles. The number of fused-ring (bicyclic) bond motifs is 1. The molecular weight excluding hydrogens is 262 g/mol. The maximum atomic E-state index is 11.3. The van der Waals surface area contributed by atoms with Gasteiger partial charge in [-0.2, -0.15) is 0 Å². The number of nitrogen functional groups attached to an aromatic ring is 1. The quantitative estimate of drug-likeness (QED) is 0.689. The number of nitrogens with one attached hydrogen (secondary N) is 1. The van der Waals surface area contributed by atoms with Gasteiger partial charge in [-0.1, -0.05) is 6.07 Å². The van der Waals surface area contributed by atoms with Gasteiger partial charge in [-0.05, 0) is 23.9 Å². The molecule has 0 aliphatic carbocycles.